The summed E-state index contributed by atoms with van der Waals surface area (Å²) in [6.07, 6.45) is 1.18. The van der Waals surface area contributed by atoms with Crippen LogP contribution in [0.5, 0.6) is 5.75 Å². The normalized spacial score (nSPS) is 14.8. The van der Waals surface area contributed by atoms with Gasteiger partial charge in [0, 0.05) is 61.6 Å². The van der Waals surface area contributed by atoms with Gasteiger partial charge >= 0.3 is 0 Å². The van der Waals surface area contributed by atoms with Crippen LogP contribution in [0.4, 0.5) is 0 Å². The molecule has 0 atom stereocenters. The molecule has 170 valence electrons. The summed E-state index contributed by atoms with van der Waals surface area (Å²) in [6, 6.07) is 9.39. The molecule has 32 heavy (non-hydrogen) atoms. The first-order chi connectivity index (χ1) is 15.4. The summed E-state index contributed by atoms with van der Waals surface area (Å²) in [5.74, 6) is 1.03. The summed E-state index contributed by atoms with van der Waals surface area (Å²) in [5.41, 5.74) is 4.98. The number of carbonyl (C=O) groups is 1. The van der Waals surface area contributed by atoms with Gasteiger partial charge in [-0.2, -0.15) is 5.10 Å². The number of hydrogen-bond acceptors (Lipinski definition) is 5. The number of hydrogen-bond donors (Lipinski definition) is 0. The highest BCUT2D eigenvalue weighted by atomic mass is 35.5. The van der Waals surface area contributed by atoms with Gasteiger partial charge in [0.1, 0.15) is 12.4 Å². The van der Waals surface area contributed by atoms with Crippen LogP contribution >= 0.6 is 11.6 Å². The Morgan fingerprint density at radius 3 is 2.53 bits per heavy atom. The predicted octanol–water partition coefficient (Wildman–Crippen LogP) is 3.46. The molecule has 2 aromatic heterocycles. The van der Waals surface area contributed by atoms with Crippen LogP contribution in [0.25, 0.3) is 5.65 Å². The maximum absolute atomic E-state index is 12.8. The molecule has 3 heterocycles. The monoisotopic (exact) mass is 455 g/mol. The van der Waals surface area contributed by atoms with Crippen LogP contribution in [-0.4, -0.2) is 69.6 Å². The van der Waals surface area contributed by atoms with Crippen LogP contribution in [-0.2, 0) is 11.2 Å². The van der Waals surface area contributed by atoms with Crippen molar-refractivity contribution in [3.63, 3.8) is 0 Å². The molecule has 1 saturated heterocycles. The first-order valence-electron chi connectivity index (χ1n) is 11.1. The molecular weight excluding hydrogens is 426 g/mol. The zero-order valence-electron chi connectivity index (χ0n) is 19.0. The van der Waals surface area contributed by atoms with E-state index < -0.39 is 0 Å². The van der Waals surface area contributed by atoms with E-state index in [9.17, 15) is 4.79 Å². The fraction of sp³-hybridized carbons (Fsp3) is 0.458. The van der Waals surface area contributed by atoms with E-state index in [1.807, 2.05) is 53.6 Å². The molecule has 4 rings (SSSR count). The summed E-state index contributed by atoms with van der Waals surface area (Å²) >= 11 is 5.90. The van der Waals surface area contributed by atoms with Crippen LogP contribution in [0, 0.1) is 20.8 Å². The second-order valence-corrected chi connectivity index (χ2v) is 8.78. The van der Waals surface area contributed by atoms with Gasteiger partial charge in [-0.15, -0.1) is 0 Å². The lowest BCUT2D eigenvalue weighted by atomic mass is 10.1. The van der Waals surface area contributed by atoms with Crippen molar-refractivity contribution in [3.05, 3.63) is 58.0 Å². The highest BCUT2D eigenvalue weighted by Gasteiger charge is 2.21. The minimum atomic E-state index is 0.206. The minimum Gasteiger partial charge on any atom is -0.492 e. The SMILES string of the molecule is Cc1cc2nc(C)c(CCC(=O)N3CCN(CCOc4ccc(Cl)cc4)CC3)c(C)n2n1. The number of fused-ring (bicyclic) bond motifs is 1. The third-order valence-corrected chi connectivity index (χ3v) is 6.34. The third-order valence-electron chi connectivity index (χ3n) is 6.09. The summed E-state index contributed by atoms with van der Waals surface area (Å²) < 4.78 is 7.67. The number of benzene rings is 1. The number of halogens is 1. The van der Waals surface area contributed by atoms with Crippen molar-refractivity contribution >= 4 is 23.2 Å². The average Bonchev–Trinajstić information content (AvgIpc) is 3.15. The van der Waals surface area contributed by atoms with Crippen LogP contribution < -0.4 is 4.74 Å². The van der Waals surface area contributed by atoms with Gasteiger partial charge in [-0.3, -0.25) is 9.69 Å². The number of aromatic nitrogens is 3. The number of nitrogens with zero attached hydrogens (tertiary/aromatic N) is 5. The fourth-order valence-corrected chi connectivity index (χ4v) is 4.36. The Hall–Kier alpha value is -2.64. The van der Waals surface area contributed by atoms with E-state index in [-0.39, 0.29) is 5.91 Å². The highest BCUT2D eigenvalue weighted by Crippen LogP contribution is 2.18. The molecule has 0 spiro atoms. The lowest BCUT2D eigenvalue weighted by Crippen LogP contribution is -2.49. The molecule has 0 saturated carbocycles. The molecule has 0 bridgehead atoms. The number of ether oxygens (including phenoxy) is 1. The van der Waals surface area contributed by atoms with Gasteiger partial charge in [0.2, 0.25) is 5.91 Å². The molecule has 1 aliphatic heterocycles. The molecule has 0 N–H and O–H groups in total. The summed E-state index contributed by atoms with van der Waals surface area (Å²) in [4.78, 5) is 21.8. The maximum atomic E-state index is 12.8. The van der Waals surface area contributed by atoms with Gasteiger partial charge in [-0.1, -0.05) is 11.6 Å². The quantitative estimate of drug-likeness (QED) is 0.546. The summed E-state index contributed by atoms with van der Waals surface area (Å²) in [6.45, 7) is 10.8. The fourth-order valence-electron chi connectivity index (χ4n) is 4.24. The van der Waals surface area contributed by atoms with E-state index in [4.69, 9.17) is 16.3 Å². The Morgan fingerprint density at radius 2 is 1.81 bits per heavy atom. The van der Waals surface area contributed by atoms with Gasteiger partial charge in [0.25, 0.3) is 0 Å². The van der Waals surface area contributed by atoms with Crippen molar-refractivity contribution in [2.45, 2.75) is 33.6 Å². The Balaban J connectivity index is 1.23. The number of rotatable bonds is 7. The average molecular weight is 456 g/mol. The van der Waals surface area contributed by atoms with Crippen molar-refractivity contribution in [2.75, 3.05) is 39.3 Å². The zero-order chi connectivity index (χ0) is 22.7. The Kier molecular flexibility index (Phi) is 6.96. The lowest BCUT2D eigenvalue weighted by Gasteiger charge is -2.34. The topological polar surface area (TPSA) is 63.0 Å². The molecule has 1 amide bonds. The van der Waals surface area contributed by atoms with E-state index in [1.54, 1.807) is 0 Å². The highest BCUT2D eigenvalue weighted by molar-refractivity contribution is 6.30. The van der Waals surface area contributed by atoms with Crippen molar-refractivity contribution in [1.29, 1.82) is 0 Å². The van der Waals surface area contributed by atoms with Crippen LogP contribution in [0.15, 0.2) is 30.3 Å². The van der Waals surface area contributed by atoms with Crippen LogP contribution in [0.1, 0.15) is 29.1 Å². The second kappa shape index (κ2) is 9.88. The van der Waals surface area contributed by atoms with Gasteiger partial charge in [0.05, 0.1) is 5.69 Å². The standard InChI is InChI=1S/C24H30ClN5O2/c1-17-16-23-26-18(2)22(19(3)30(23)27-17)8-9-24(31)29-12-10-28(11-13-29)14-15-32-21-6-4-20(25)5-7-21/h4-7,16H,8-15H2,1-3H3. The van der Waals surface area contributed by atoms with Crippen molar-refractivity contribution in [3.8, 4) is 5.75 Å². The Bertz CT molecular complexity index is 1090. The van der Waals surface area contributed by atoms with Crippen LogP contribution in [0.3, 0.4) is 0 Å². The zero-order valence-corrected chi connectivity index (χ0v) is 19.7. The lowest BCUT2D eigenvalue weighted by molar-refractivity contribution is -0.132. The van der Waals surface area contributed by atoms with E-state index in [0.29, 0.717) is 24.5 Å². The van der Waals surface area contributed by atoms with Crippen molar-refractivity contribution in [1.82, 2.24) is 24.4 Å². The first-order valence-corrected chi connectivity index (χ1v) is 11.5. The predicted molar refractivity (Wildman–Crippen MR) is 125 cm³/mol. The first kappa shape index (κ1) is 22.6. The number of amides is 1. The number of carbonyl (C=O) groups excluding carboxylic acids is 1. The minimum absolute atomic E-state index is 0.206. The molecule has 7 nitrogen and oxygen atoms in total. The van der Waals surface area contributed by atoms with Crippen LogP contribution in [0.2, 0.25) is 5.02 Å². The van der Waals surface area contributed by atoms with Crippen molar-refractivity contribution in [2.24, 2.45) is 0 Å². The van der Waals surface area contributed by atoms with Gasteiger partial charge in [-0.05, 0) is 57.0 Å². The molecule has 8 heteroatoms. The molecule has 1 aromatic carbocycles. The number of piperazine rings is 1. The molecular formula is C24H30ClN5O2. The second-order valence-electron chi connectivity index (χ2n) is 8.34. The molecule has 0 unspecified atom stereocenters. The van der Waals surface area contributed by atoms with E-state index in [1.165, 1.54) is 0 Å². The van der Waals surface area contributed by atoms with Gasteiger partial charge < -0.3 is 9.64 Å². The summed E-state index contributed by atoms with van der Waals surface area (Å²) in [5, 5.41) is 5.23. The Morgan fingerprint density at radius 1 is 1.09 bits per heavy atom. The van der Waals surface area contributed by atoms with E-state index >= 15 is 0 Å². The van der Waals surface area contributed by atoms with E-state index in [0.717, 1.165) is 66.8 Å². The molecule has 0 aliphatic carbocycles. The molecule has 1 aliphatic rings. The molecule has 3 aromatic rings. The van der Waals surface area contributed by atoms with Crippen molar-refractivity contribution < 1.29 is 9.53 Å². The third kappa shape index (κ3) is 5.22. The molecule has 1 fully saturated rings. The smallest absolute Gasteiger partial charge is 0.222 e. The van der Waals surface area contributed by atoms with Gasteiger partial charge in [-0.25, -0.2) is 9.50 Å². The maximum Gasteiger partial charge on any atom is 0.222 e. The number of aryl methyl sites for hydroxylation is 3. The molecule has 0 radical (unpaired) electrons. The Labute approximate surface area is 193 Å². The van der Waals surface area contributed by atoms with E-state index in [2.05, 4.69) is 21.9 Å². The largest absolute Gasteiger partial charge is 0.492 e. The summed E-state index contributed by atoms with van der Waals surface area (Å²) in [7, 11) is 0. The van der Waals surface area contributed by atoms with Gasteiger partial charge in [0.15, 0.2) is 5.65 Å².